The van der Waals surface area contributed by atoms with Gasteiger partial charge in [0.1, 0.15) is 12.4 Å². The average molecular weight is 607 g/mol. The Kier molecular flexibility index (Phi) is 11.8. The largest absolute Gasteiger partial charge is 0.491 e. The van der Waals surface area contributed by atoms with Crippen molar-refractivity contribution in [2.45, 2.75) is 71.5 Å². The highest BCUT2D eigenvalue weighted by atomic mass is 16.7. The van der Waals surface area contributed by atoms with Gasteiger partial charge in [0.2, 0.25) is 0 Å². The molecule has 1 aliphatic heterocycles. The van der Waals surface area contributed by atoms with E-state index in [1.807, 2.05) is 6.07 Å². The van der Waals surface area contributed by atoms with E-state index in [9.17, 15) is 4.79 Å². The molecule has 4 aromatic carbocycles. The van der Waals surface area contributed by atoms with Gasteiger partial charge in [-0.1, -0.05) is 80.9 Å². The van der Waals surface area contributed by atoms with Crippen molar-refractivity contribution in [3.8, 4) is 28.0 Å². The second-order valence-electron chi connectivity index (χ2n) is 11.9. The molecule has 0 radical (unpaired) electrons. The molecular weight excluding hydrogens is 560 g/mol. The van der Waals surface area contributed by atoms with E-state index in [1.54, 1.807) is 6.92 Å². The van der Waals surface area contributed by atoms with Crippen LogP contribution in [0, 0.1) is 0 Å². The molecule has 0 spiro atoms. The Bertz CT molecular complexity index is 1570. The van der Waals surface area contributed by atoms with Gasteiger partial charge >= 0.3 is 5.97 Å². The first-order valence-corrected chi connectivity index (χ1v) is 16.4. The summed E-state index contributed by atoms with van der Waals surface area (Å²) in [4.78, 5) is 12.0. The summed E-state index contributed by atoms with van der Waals surface area (Å²) in [6, 6.07) is 28.5. The summed E-state index contributed by atoms with van der Waals surface area (Å²) < 4.78 is 23.1. The van der Waals surface area contributed by atoms with Gasteiger partial charge in [0.25, 0.3) is 0 Å². The van der Waals surface area contributed by atoms with Gasteiger partial charge in [-0.25, -0.2) is 4.79 Å². The van der Waals surface area contributed by atoms with E-state index in [1.165, 1.54) is 46.7 Å². The molecular formula is C40H46O5. The van der Waals surface area contributed by atoms with Gasteiger partial charge in [-0.05, 0) is 107 Å². The number of aryl methyl sites for hydroxylation is 1. The van der Waals surface area contributed by atoms with Crippen molar-refractivity contribution in [1.29, 1.82) is 0 Å². The number of hydrogen-bond acceptors (Lipinski definition) is 5. The molecule has 5 heteroatoms. The summed E-state index contributed by atoms with van der Waals surface area (Å²) in [7, 11) is 0. The van der Waals surface area contributed by atoms with Crippen molar-refractivity contribution in [3.63, 3.8) is 0 Å². The maximum absolute atomic E-state index is 12.0. The molecule has 1 heterocycles. The van der Waals surface area contributed by atoms with E-state index in [2.05, 4.69) is 86.3 Å². The molecule has 1 unspecified atom stereocenters. The lowest BCUT2D eigenvalue weighted by Gasteiger charge is -2.22. The van der Waals surface area contributed by atoms with Crippen LogP contribution in [0.25, 0.3) is 33.0 Å². The monoisotopic (exact) mass is 606 g/mol. The maximum atomic E-state index is 12.0. The molecule has 5 nitrogen and oxygen atoms in total. The lowest BCUT2D eigenvalue weighted by Crippen LogP contribution is -2.24. The fourth-order valence-electron chi connectivity index (χ4n) is 5.69. The molecule has 0 aliphatic carbocycles. The maximum Gasteiger partial charge on any atom is 0.333 e. The Morgan fingerprint density at radius 1 is 0.800 bits per heavy atom. The highest BCUT2D eigenvalue weighted by Crippen LogP contribution is 2.32. The second kappa shape index (κ2) is 16.4. The van der Waals surface area contributed by atoms with E-state index in [-0.39, 0.29) is 18.9 Å². The zero-order valence-electron chi connectivity index (χ0n) is 26.8. The van der Waals surface area contributed by atoms with E-state index in [0.29, 0.717) is 25.2 Å². The summed E-state index contributed by atoms with van der Waals surface area (Å²) in [5.41, 5.74) is 7.44. The number of unbranched alkanes of at least 4 members (excludes halogenated alkanes) is 2. The van der Waals surface area contributed by atoms with E-state index >= 15 is 0 Å². The van der Waals surface area contributed by atoms with Crippen LogP contribution in [0.2, 0.25) is 0 Å². The molecule has 4 aromatic rings. The Labute approximate surface area is 268 Å². The van der Waals surface area contributed by atoms with Crippen molar-refractivity contribution < 1.29 is 23.7 Å². The number of ether oxygens (including phenoxy) is 4. The predicted octanol–water partition coefficient (Wildman–Crippen LogP) is 9.49. The Morgan fingerprint density at radius 3 is 2.18 bits per heavy atom. The van der Waals surface area contributed by atoms with Gasteiger partial charge in [-0.15, -0.1) is 0 Å². The van der Waals surface area contributed by atoms with Crippen molar-refractivity contribution in [1.82, 2.24) is 0 Å². The van der Waals surface area contributed by atoms with Crippen LogP contribution in [0.1, 0.15) is 63.5 Å². The molecule has 5 rings (SSSR count). The summed E-state index contributed by atoms with van der Waals surface area (Å²) in [6.45, 7) is 9.44. The average Bonchev–Trinajstić information content (AvgIpc) is 3.07. The van der Waals surface area contributed by atoms with Crippen LogP contribution >= 0.6 is 0 Å². The molecule has 1 atom stereocenters. The first-order valence-electron chi connectivity index (χ1n) is 16.4. The van der Waals surface area contributed by atoms with Crippen LogP contribution < -0.4 is 4.74 Å². The van der Waals surface area contributed by atoms with Crippen LogP contribution in [0.15, 0.2) is 91.0 Å². The third-order valence-corrected chi connectivity index (χ3v) is 8.33. The van der Waals surface area contributed by atoms with Gasteiger partial charge < -0.3 is 18.9 Å². The first-order chi connectivity index (χ1) is 22.0. The highest BCUT2D eigenvalue weighted by Gasteiger charge is 2.15. The van der Waals surface area contributed by atoms with Crippen LogP contribution in [-0.2, 0) is 31.8 Å². The minimum Gasteiger partial charge on any atom is -0.491 e. The molecule has 0 saturated carbocycles. The SMILES string of the molecule is C=C(C)C(=O)OCCc1cc(-c2ccc3cc(-c4ccc(CCCCC)cc4)ccc3c2)ccc1OCCOC1CCCCO1. The van der Waals surface area contributed by atoms with Crippen LogP contribution in [-0.4, -0.2) is 38.7 Å². The molecule has 1 fully saturated rings. The second-order valence-corrected chi connectivity index (χ2v) is 11.9. The normalized spacial score (nSPS) is 14.8. The fourth-order valence-corrected chi connectivity index (χ4v) is 5.69. The number of carbonyl (C=O) groups is 1. The number of carbonyl (C=O) groups excluding carboxylic acids is 1. The lowest BCUT2D eigenvalue weighted by molar-refractivity contribution is -0.165. The third kappa shape index (κ3) is 9.29. The summed E-state index contributed by atoms with van der Waals surface area (Å²) >= 11 is 0. The lowest BCUT2D eigenvalue weighted by atomic mass is 9.96. The standard InChI is InChI=1S/C40H46O5/c1-4-5-6-9-30-11-13-31(14-12-30)32-15-16-34-27-35(18-17-33(34)26-32)36-19-20-38(37(28-36)21-23-45-40(41)29(2)3)42-24-25-44-39-10-7-8-22-43-39/h11-20,26-28,39H,2,4-10,21-25H2,1,3H3. The quantitative estimate of drug-likeness (QED) is 0.0766. The number of esters is 1. The Balaban J connectivity index is 1.29. The summed E-state index contributed by atoms with van der Waals surface area (Å²) in [6.07, 6.45) is 8.46. The van der Waals surface area contributed by atoms with Gasteiger partial charge in [0, 0.05) is 18.6 Å². The first kappa shape index (κ1) is 32.5. The molecule has 0 amide bonds. The van der Waals surface area contributed by atoms with Gasteiger partial charge in [-0.3, -0.25) is 0 Å². The number of hydrogen-bond donors (Lipinski definition) is 0. The van der Waals surface area contributed by atoms with Crippen molar-refractivity contribution >= 4 is 16.7 Å². The van der Waals surface area contributed by atoms with Crippen LogP contribution in [0.5, 0.6) is 5.75 Å². The van der Waals surface area contributed by atoms with Gasteiger partial charge in [0.15, 0.2) is 6.29 Å². The number of benzene rings is 4. The third-order valence-electron chi connectivity index (χ3n) is 8.33. The molecule has 1 aliphatic rings. The summed E-state index contributed by atoms with van der Waals surface area (Å²) in [5.74, 6) is 0.381. The number of fused-ring (bicyclic) bond motifs is 1. The predicted molar refractivity (Wildman–Crippen MR) is 183 cm³/mol. The van der Waals surface area contributed by atoms with Crippen molar-refractivity contribution in [3.05, 3.63) is 102 Å². The Morgan fingerprint density at radius 2 is 1.49 bits per heavy atom. The van der Waals surface area contributed by atoms with Crippen molar-refractivity contribution in [2.24, 2.45) is 0 Å². The zero-order valence-corrected chi connectivity index (χ0v) is 26.8. The van der Waals surface area contributed by atoms with Crippen molar-refractivity contribution in [2.75, 3.05) is 26.4 Å². The molecule has 45 heavy (non-hydrogen) atoms. The Hall–Kier alpha value is -3.93. The van der Waals surface area contributed by atoms with E-state index in [0.717, 1.165) is 54.7 Å². The topological polar surface area (TPSA) is 54.0 Å². The van der Waals surface area contributed by atoms with Crippen LogP contribution in [0.4, 0.5) is 0 Å². The van der Waals surface area contributed by atoms with E-state index < -0.39 is 0 Å². The van der Waals surface area contributed by atoms with E-state index in [4.69, 9.17) is 18.9 Å². The smallest absolute Gasteiger partial charge is 0.333 e. The van der Waals surface area contributed by atoms with Gasteiger partial charge in [0.05, 0.1) is 13.2 Å². The molecule has 0 N–H and O–H groups in total. The highest BCUT2D eigenvalue weighted by molar-refractivity contribution is 5.91. The minimum atomic E-state index is -0.383. The molecule has 236 valence electrons. The van der Waals surface area contributed by atoms with Crippen LogP contribution in [0.3, 0.4) is 0 Å². The molecule has 0 bridgehead atoms. The fraction of sp³-hybridized carbons (Fsp3) is 0.375. The zero-order chi connectivity index (χ0) is 31.4. The number of rotatable bonds is 15. The molecule has 0 aromatic heterocycles. The summed E-state index contributed by atoms with van der Waals surface area (Å²) in [5, 5.41) is 2.39. The van der Waals surface area contributed by atoms with Gasteiger partial charge in [-0.2, -0.15) is 0 Å². The minimum absolute atomic E-state index is 0.143. The molecule has 1 saturated heterocycles.